The van der Waals surface area contributed by atoms with Crippen LogP contribution in [0.3, 0.4) is 0 Å². The number of aromatic hydroxyl groups is 1. The number of pyridine rings is 1. The molecular formula is C14H13N3O. The number of hydrogen-bond donors (Lipinski definition) is 1. The Kier molecular flexibility index (Phi) is 2.48. The summed E-state index contributed by atoms with van der Waals surface area (Å²) in [5.74, 6) is 0.992. The van der Waals surface area contributed by atoms with Crippen LogP contribution in [0.15, 0.2) is 42.6 Å². The maximum atomic E-state index is 9.94. The van der Waals surface area contributed by atoms with Gasteiger partial charge in [-0.1, -0.05) is 12.1 Å². The third-order valence-electron chi connectivity index (χ3n) is 2.96. The van der Waals surface area contributed by atoms with Crippen molar-refractivity contribution in [2.75, 3.05) is 0 Å². The predicted octanol–water partition coefficient (Wildman–Crippen LogP) is 2.82. The van der Waals surface area contributed by atoms with Gasteiger partial charge >= 0.3 is 0 Å². The molecule has 4 nitrogen and oxygen atoms in total. The van der Waals surface area contributed by atoms with E-state index in [2.05, 4.69) is 9.97 Å². The van der Waals surface area contributed by atoms with Crippen LogP contribution in [-0.4, -0.2) is 19.6 Å². The number of phenols is 1. The molecule has 0 saturated heterocycles. The molecule has 0 atom stereocenters. The van der Waals surface area contributed by atoms with Crippen LogP contribution in [0.2, 0.25) is 0 Å². The van der Waals surface area contributed by atoms with Gasteiger partial charge in [-0.3, -0.25) is 0 Å². The van der Waals surface area contributed by atoms with Gasteiger partial charge in [0, 0.05) is 12.7 Å². The van der Waals surface area contributed by atoms with Crippen LogP contribution in [0.1, 0.15) is 6.92 Å². The molecule has 1 N–H and O–H groups in total. The van der Waals surface area contributed by atoms with Gasteiger partial charge in [0.1, 0.15) is 17.1 Å². The van der Waals surface area contributed by atoms with Crippen molar-refractivity contribution in [3.05, 3.63) is 42.6 Å². The first-order chi connectivity index (χ1) is 8.81. The van der Waals surface area contributed by atoms with E-state index in [0.717, 1.165) is 29.1 Å². The standard InChI is InChI=1S/C14H13N3O/c1-2-17-13(10-6-3-4-8-12(10)18)16-11-7-5-9-15-14(11)17/h3-9,18H,2H2,1H3. The van der Waals surface area contributed by atoms with Crippen LogP contribution in [-0.2, 0) is 6.54 Å². The summed E-state index contributed by atoms with van der Waals surface area (Å²) in [5.41, 5.74) is 2.42. The Balaban J connectivity index is 2.32. The molecule has 0 aliphatic rings. The van der Waals surface area contributed by atoms with E-state index in [1.165, 1.54) is 0 Å². The maximum Gasteiger partial charge on any atom is 0.160 e. The van der Waals surface area contributed by atoms with E-state index >= 15 is 0 Å². The summed E-state index contributed by atoms with van der Waals surface area (Å²) in [6.07, 6.45) is 1.75. The van der Waals surface area contributed by atoms with Crippen molar-refractivity contribution in [3.63, 3.8) is 0 Å². The molecule has 0 fully saturated rings. The van der Waals surface area contributed by atoms with Gasteiger partial charge in [0.05, 0.1) is 5.56 Å². The molecule has 0 amide bonds. The Bertz CT molecular complexity index is 703. The van der Waals surface area contributed by atoms with Crippen molar-refractivity contribution in [3.8, 4) is 17.1 Å². The van der Waals surface area contributed by atoms with E-state index in [1.54, 1.807) is 18.3 Å². The number of hydrogen-bond acceptors (Lipinski definition) is 3. The van der Waals surface area contributed by atoms with Crippen molar-refractivity contribution >= 4 is 11.2 Å². The molecule has 1 aromatic carbocycles. The quantitative estimate of drug-likeness (QED) is 0.748. The molecule has 0 aliphatic heterocycles. The van der Waals surface area contributed by atoms with Gasteiger partial charge in [-0.15, -0.1) is 0 Å². The highest BCUT2D eigenvalue weighted by atomic mass is 16.3. The fourth-order valence-corrected chi connectivity index (χ4v) is 2.13. The topological polar surface area (TPSA) is 50.9 Å². The molecule has 3 rings (SSSR count). The Labute approximate surface area is 105 Å². The smallest absolute Gasteiger partial charge is 0.160 e. The number of para-hydroxylation sites is 1. The van der Waals surface area contributed by atoms with Crippen molar-refractivity contribution < 1.29 is 5.11 Å². The van der Waals surface area contributed by atoms with E-state index in [9.17, 15) is 5.11 Å². The first-order valence-electron chi connectivity index (χ1n) is 5.91. The molecule has 0 radical (unpaired) electrons. The minimum absolute atomic E-state index is 0.238. The molecule has 4 heteroatoms. The molecular weight excluding hydrogens is 226 g/mol. The van der Waals surface area contributed by atoms with Crippen LogP contribution in [0.5, 0.6) is 5.75 Å². The van der Waals surface area contributed by atoms with Gasteiger partial charge in [-0.05, 0) is 31.2 Å². The first-order valence-corrected chi connectivity index (χ1v) is 5.91. The molecule has 90 valence electrons. The van der Waals surface area contributed by atoms with Crippen LogP contribution in [0.25, 0.3) is 22.6 Å². The Morgan fingerprint density at radius 2 is 2.00 bits per heavy atom. The zero-order valence-electron chi connectivity index (χ0n) is 10.0. The number of phenolic OH excluding ortho intramolecular Hbond substituents is 1. The SMILES string of the molecule is CCn1c(-c2ccccc2O)nc2cccnc21. The average molecular weight is 239 g/mol. The number of rotatable bonds is 2. The van der Waals surface area contributed by atoms with Crippen LogP contribution >= 0.6 is 0 Å². The van der Waals surface area contributed by atoms with E-state index in [0.29, 0.717) is 0 Å². The normalized spacial score (nSPS) is 10.9. The number of aromatic nitrogens is 3. The fraction of sp³-hybridized carbons (Fsp3) is 0.143. The van der Waals surface area contributed by atoms with E-state index in [1.807, 2.05) is 35.8 Å². The molecule has 3 aromatic rings. The molecule has 0 spiro atoms. The van der Waals surface area contributed by atoms with E-state index in [-0.39, 0.29) is 5.75 Å². The minimum Gasteiger partial charge on any atom is -0.507 e. The monoisotopic (exact) mass is 239 g/mol. The summed E-state index contributed by atoms with van der Waals surface area (Å²) in [6.45, 7) is 2.80. The van der Waals surface area contributed by atoms with Gasteiger partial charge in [0.15, 0.2) is 5.65 Å². The van der Waals surface area contributed by atoms with Gasteiger partial charge in [0.25, 0.3) is 0 Å². The largest absolute Gasteiger partial charge is 0.507 e. The lowest BCUT2D eigenvalue weighted by Gasteiger charge is -2.06. The highest BCUT2D eigenvalue weighted by Gasteiger charge is 2.14. The van der Waals surface area contributed by atoms with Gasteiger partial charge in [-0.25, -0.2) is 9.97 Å². The van der Waals surface area contributed by atoms with Crippen molar-refractivity contribution in [2.45, 2.75) is 13.5 Å². The second kappa shape index (κ2) is 4.14. The fourth-order valence-electron chi connectivity index (χ4n) is 2.13. The number of fused-ring (bicyclic) bond motifs is 1. The second-order valence-electron chi connectivity index (χ2n) is 4.04. The van der Waals surface area contributed by atoms with Crippen LogP contribution in [0.4, 0.5) is 0 Å². The Morgan fingerprint density at radius 3 is 2.78 bits per heavy atom. The number of benzene rings is 1. The van der Waals surface area contributed by atoms with Crippen molar-refractivity contribution in [1.29, 1.82) is 0 Å². The molecule has 2 heterocycles. The summed E-state index contributed by atoms with van der Waals surface area (Å²) in [6, 6.07) is 11.0. The molecule has 0 unspecified atom stereocenters. The van der Waals surface area contributed by atoms with Gasteiger partial charge in [0.2, 0.25) is 0 Å². The molecule has 0 aliphatic carbocycles. The lowest BCUT2D eigenvalue weighted by molar-refractivity contribution is 0.476. The Hall–Kier alpha value is -2.36. The Morgan fingerprint density at radius 1 is 1.17 bits per heavy atom. The second-order valence-corrected chi connectivity index (χ2v) is 4.04. The summed E-state index contributed by atoms with van der Waals surface area (Å²) in [4.78, 5) is 8.90. The molecule has 18 heavy (non-hydrogen) atoms. The molecule has 0 bridgehead atoms. The zero-order valence-corrected chi connectivity index (χ0v) is 10.0. The number of aryl methyl sites for hydroxylation is 1. The van der Waals surface area contributed by atoms with Crippen molar-refractivity contribution in [2.24, 2.45) is 0 Å². The predicted molar refractivity (Wildman–Crippen MR) is 70.3 cm³/mol. The summed E-state index contributed by atoms with van der Waals surface area (Å²) >= 11 is 0. The number of nitrogens with zero attached hydrogens (tertiary/aromatic N) is 3. The van der Waals surface area contributed by atoms with Crippen molar-refractivity contribution in [1.82, 2.24) is 14.5 Å². The third-order valence-corrected chi connectivity index (χ3v) is 2.96. The van der Waals surface area contributed by atoms with Crippen LogP contribution in [0, 0.1) is 0 Å². The lowest BCUT2D eigenvalue weighted by Crippen LogP contribution is -1.98. The average Bonchev–Trinajstić information content (AvgIpc) is 2.77. The van der Waals surface area contributed by atoms with Gasteiger partial charge in [-0.2, -0.15) is 0 Å². The minimum atomic E-state index is 0.238. The van der Waals surface area contributed by atoms with Gasteiger partial charge < -0.3 is 9.67 Å². The molecule has 2 aromatic heterocycles. The highest BCUT2D eigenvalue weighted by molar-refractivity contribution is 5.78. The first kappa shape index (κ1) is 10.8. The third kappa shape index (κ3) is 1.54. The molecule has 0 saturated carbocycles. The summed E-state index contributed by atoms with van der Waals surface area (Å²) in [5, 5.41) is 9.94. The summed E-state index contributed by atoms with van der Waals surface area (Å²) in [7, 11) is 0. The zero-order chi connectivity index (χ0) is 12.5. The lowest BCUT2D eigenvalue weighted by atomic mass is 10.2. The maximum absolute atomic E-state index is 9.94. The highest BCUT2D eigenvalue weighted by Crippen LogP contribution is 2.30. The van der Waals surface area contributed by atoms with Crippen LogP contribution < -0.4 is 0 Å². The van der Waals surface area contributed by atoms with E-state index < -0.39 is 0 Å². The number of imidazole rings is 1. The summed E-state index contributed by atoms with van der Waals surface area (Å²) < 4.78 is 2.00. The van der Waals surface area contributed by atoms with E-state index in [4.69, 9.17) is 0 Å².